The summed E-state index contributed by atoms with van der Waals surface area (Å²) in [6, 6.07) is 20.4. The summed E-state index contributed by atoms with van der Waals surface area (Å²) in [5.41, 5.74) is 1.81. The average molecular weight is 449 g/mol. The van der Waals surface area contributed by atoms with Gasteiger partial charge >= 0.3 is 5.97 Å². The van der Waals surface area contributed by atoms with Gasteiger partial charge in [-0.3, -0.25) is 0 Å². The highest BCUT2D eigenvalue weighted by Gasteiger charge is 2.53. The first-order valence-corrected chi connectivity index (χ1v) is 12.5. The fourth-order valence-electron chi connectivity index (χ4n) is 5.17. The fraction of sp³-hybridized carbons (Fsp3) is 0.483. The Bertz CT molecular complexity index is 880. The molecule has 0 spiro atoms. The smallest absolute Gasteiger partial charge is 0.337 e. The van der Waals surface area contributed by atoms with Gasteiger partial charge in [-0.2, -0.15) is 0 Å². The number of allylic oxidation sites excluding steroid dienone is 1. The van der Waals surface area contributed by atoms with Gasteiger partial charge in [-0.05, 0) is 19.8 Å². The van der Waals surface area contributed by atoms with Crippen molar-refractivity contribution >= 4 is 5.97 Å². The molecule has 0 N–H and O–H groups in total. The van der Waals surface area contributed by atoms with E-state index in [1.165, 1.54) is 32.1 Å². The van der Waals surface area contributed by atoms with Crippen LogP contribution in [0.25, 0.3) is 0 Å². The van der Waals surface area contributed by atoms with Crippen molar-refractivity contribution in [3.8, 4) is 0 Å². The molecular weight excluding hydrogens is 412 g/mol. The largest absolute Gasteiger partial charge is 0.481 e. The Hall–Kier alpha value is -2.59. The molecule has 4 heteroatoms. The van der Waals surface area contributed by atoms with Crippen LogP contribution in [0.3, 0.4) is 0 Å². The second kappa shape index (κ2) is 11.5. The highest BCUT2D eigenvalue weighted by Crippen LogP contribution is 2.51. The second-order valence-corrected chi connectivity index (χ2v) is 9.13. The van der Waals surface area contributed by atoms with E-state index in [1.807, 2.05) is 43.3 Å². The van der Waals surface area contributed by atoms with Crippen molar-refractivity contribution in [3.63, 3.8) is 0 Å². The minimum atomic E-state index is -0.827. The minimum Gasteiger partial charge on any atom is -0.481 e. The lowest BCUT2D eigenvalue weighted by molar-refractivity contribution is -0.140. The molecule has 1 saturated heterocycles. The van der Waals surface area contributed by atoms with Crippen LogP contribution in [0.2, 0.25) is 0 Å². The van der Waals surface area contributed by atoms with Crippen LogP contribution in [-0.4, -0.2) is 25.8 Å². The maximum absolute atomic E-state index is 13.3. The van der Waals surface area contributed by atoms with E-state index < -0.39 is 5.60 Å². The molecule has 0 aromatic heterocycles. The maximum atomic E-state index is 13.3. The lowest BCUT2D eigenvalue weighted by Crippen LogP contribution is -2.39. The molecule has 2 aromatic carbocycles. The summed E-state index contributed by atoms with van der Waals surface area (Å²) < 4.78 is 18.7. The van der Waals surface area contributed by atoms with Crippen LogP contribution >= 0.6 is 0 Å². The van der Waals surface area contributed by atoms with Crippen molar-refractivity contribution in [2.24, 2.45) is 5.92 Å². The Labute approximate surface area is 197 Å². The summed E-state index contributed by atoms with van der Waals surface area (Å²) in [5.74, 6) is 0.0621. The molecule has 1 unspecified atom stereocenters. The van der Waals surface area contributed by atoms with E-state index in [9.17, 15) is 4.79 Å². The van der Waals surface area contributed by atoms with Crippen molar-refractivity contribution < 1.29 is 19.0 Å². The SMILES string of the molecule is CC1=C2C(=O)OCCCCCCCCCCOCC2C(c2ccccc2)(c2ccccc2)O1. The van der Waals surface area contributed by atoms with Crippen LogP contribution in [0.4, 0.5) is 0 Å². The molecule has 1 fully saturated rings. The van der Waals surface area contributed by atoms with Crippen LogP contribution in [0.15, 0.2) is 72.0 Å². The number of esters is 1. The normalized spacial score (nSPS) is 22.8. The first-order valence-electron chi connectivity index (χ1n) is 12.5. The molecule has 176 valence electrons. The van der Waals surface area contributed by atoms with Gasteiger partial charge in [-0.25, -0.2) is 4.79 Å². The molecule has 2 heterocycles. The monoisotopic (exact) mass is 448 g/mol. The molecule has 0 aliphatic carbocycles. The van der Waals surface area contributed by atoms with Crippen LogP contribution in [0.5, 0.6) is 0 Å². The number of hydrogen-bond acceptors (Lipinski definition) is 4. The number of ether oxygens (including phenoxy) is 3. The molecular formula is C29H36O4. The van der Waals surface area contributed by atoms with E-state index in [0.29, 0.717) is 31.2 Å². The standard InChI is InChI=1S/C29H36O4/c1-23-27-26(22-31-20-14-6-4-2-3-5-7-15-21-32-28(27)30)29(33-23,24-16-10-8-11-17-24)25-18-12-9-13-19-25/h8-13,16-19,26H,2-7,14-15,20-22H2,1H3. The van der Waals surface area contributed by atoms with Crippen molar-refractivity contribution in [3.05, 3.63) is 83.1 Å². The van der Waals surface area contributed by atoms with Crippen LogP contribution < -0.4 is 0 Å². The zero-order valence-electron chi connectivity index (χ0n) is 19.8. The van der Waals surface area contributed by atoms with Gasteiger partial charge in [0.05, 0.1) is 24.7 Å². The summed E-state index contributed by atoms with van der Waals surface area (Å²) in [6.45, 7) is 3.44. The first kappa shape index (κ1) is 23.6. The van der Waals surface area contributed by atoms with Gasteiger partial charge in [-0.15, -0.1) is 0 Å². The molecule has 0 radical (unpaired) electrons. The third-order valence-corrected chi connectivity index (χ3v) is 6.86. The Morgan fingerprint density at radius 1 is 0.727 bits per heavy atom. The van der Waals surface area contributed by atoms with E-state index in [4.69, 9.17) is 14.2 Å². The van der Waals surface area contributed by atoms with Gasteiger partial charge in [0.15, 0.2) is 5.60 Å². The maximum Gasteiger partial charge on any atom is 0.337 e. The van der Waals surface area contributed by atoms with Gasteiger partial charge in [0, 0.05) is 17.7 Å². The Morgan fingerprint density at radius 2 is 1.24 bits per heavy atom. The average Bonchev–Trinajstić information content (AvgIpc) is 3.15. The number of cyclic esters (lactones) is 1. The van der Waals surface area contributed by atoms with E-state index >= 15 is 0 Å². The third kappa shape index (κ3) is 5.33. The van der Waals surface area contributed by atoms with Gasteiger partial charge in [-0.1, -0.05) is 99.2 Å². The fourth-order valence-corrected chi connectivity index (χ4v) is 5.17. The summed E-state index contributed by atoms with van der Waals surface area (Å²) >= 11 is 0. The summed E-state index contributed by atoms with van der Waals surface area (Å²) in [7, 11) is 0. The predicted octanol–water partition coefficient (Wildman–Crippen LogP) is 6.54. The lowest BCUT2D eigenvalue weighted by Gasteiger charge is -2.36. The lowest BCUT2D eigenvalue weighted by atomic mass is 9.74. The molecule has 0 bridgehead atoms. The van der Waals surface area contributed by atoms with Gasteiger partial charge in [0.2, 0.25) is 0 Å². The number of rotatable bonds is 2. The quantitative estimate of drug-likeness (QED) is 0.489. The first-order chi connectivity index (χ1) is 16.2. The summed E-state index contributed by atoms with van der Waals surface area (Å²) in [4.78, 5) is 13.3. The topological polar surface area (TPSA) is 44.8 Å². The van der Waals surface area contributed by atoms with Crippen LogP contribution in [0, 0.1) is 5.92 Å². The van der Waals surface area contributed by atoms with Gasteiger partial charge < -0.3 is 14.2 Å². The number of carbonyl (C=O) groups excluding carboxylic acids is 1. The van der Waals surface area contributed by atoms with E-state index in [0.717, 1.165) is 30.4 Å². The van der Waals surface area contributed by atoms with Crippen molar-refractivity contribution in [2.75, 3.05) is 19.8 Å². The van der Waals surface area contributed by atoms with E-state index in [-0.39, 0.29) is 11.9 Å². The Morgan fingerprint density at radius 3 is 1.82 bits per heavy atom. The van der Waals surface area contributed by atoms with Crippen molar-refractivity contribution in [2.45, 2.75) is 63.9 Å². The highest BCUT2D eigenvalue weighted by atomic mass is 16.5. The van der Waals surface area contributed by atoms with E-state index in [2.05, 4.69) is 24.3 Å². The molecule has 4 nitrogen and oxygen atoms in total. The van der Waals surface area contributed by atoms with Crippen molar-refractivity contribution in [1.82, 2.24) is 0 Å². The predicted molar refractivity (Wildman–Crippen MR) is 130 cm³/mol. The third-order valence-electron chi connectivity index (χ3n) is 6.86. The Balaban J connectivity index is 1.70. The molecule has 2 aliphatic rings. The van der Waals surface area contributed by atoms with Crippen LogP contribution in [-0.2, 0) is 24.6 Å². The Kier molecular flexibility index (Phi) is 8.22. The zero-order valence-corrected chi connectivity index (χ0v) is 19.8. The molecule has 1 atom stereocenters. The molecule has 0 saturated carbocycles. The number of benzene rings is 2. The van der Waals surface area contributed by atoms with Crippen molar-refractivity contribution in [1.29, 1.82) is 0 Å². The summed E-state index contributed by atoms with van der Waals surface area (Å²) in [6.07, 6.45) is 9.22. The molecule has 0 amide bonds. The van der Waals surface area contributed by atoms with Crippen LogP contribution in [0.1, 0.15) is 69.4 Å². The number of carbonyl (C=O) groups is 1. The van der Waals surface area contributed by atoms with Gasteiger partial charge in [0.1, 0.15) is 5.76 Å². The highest BCUT2D eigenvalue weighted by molar-refractivity contribution is 5.91. The number of hydrogen-bond donors (Lipinski definition) is 0. The molecule has 33 heavy (non-hydrogen) atoms. The van der Waals surface area contributed by atoms with Gasteiger partial charge in [0.25, 0.3) is 0 Å². The minimum absolute atomic E-state index is 0.276. The number of fused-ring (bicyclic) bond motifs is 1. The molecule has 2 aliphatic heterocycles. The zero-order chi connectivity index (χ0) is 22.9. The van der Waals surface area contributed by atoms with E-state index in [1.54, 1.807) is 0 Å². The molecule has 2 aromatic rings. The summed E-state index contributed by atoms with van der Waals surface area (Å²) in [5, 5.41) is 0. The molecule has 4 rings (SSSR count). The second-order valence-electron chi connectivity index (χ2n) is 9.13.